The summed E-state index contributed by atoms with van der Waals surface area (Å²) in [4.78, 5) is -0.0837. The van der Waals surface area contributed by atoms with Gasteiger partial charge in [-0.2, -0.15) is 5.10 Å². The lowest BCUT2D eigenvalue weighted by molar-refractivity contribution is -0.0385. The molecule has 8 heteroatoms. The molecule has 124 valence electrons. The lowest BCUT2D eigenvalue weighted by Gasteiger charge is -2.24. The Morgan fingerprint density at radius 2 is 2.13 bits per heavy atom. The maximum atomic E-state index is 11.5. The highest BCUT2D eigenvalue weighted by molar-refractivity contribution is 7.89. The molecule has 0 aliphatic carbocycles. The second-order valence-corrected chi connectivity index (χ2v) is 7.56. The number of halogens is 1. The number of hydrogen-bond donors (Lipinski definition) is 1. The van der Waals surface area contributed by atoms with E-state index in [1.807, 2.05) is 17.7 Å². The molecule has 0 bridgehead atoms. The summed E-state index contributed by atoms with van der Waals surface area (Å²) in [5, 5.41) is 9.76. The maximum absolute atomic E-state index is 11.5. The Hall–Kier alpha value is -1.41. The van der Waals surface area contributed by atoms with Crippen LogP contribution in [0.15, 0.2) is 29.2 Å². The van der Waals surface area contributed by atoms with E-state index in [0.29, 0.717) is 6.61 Å². The van der Waals surface area contributed by atoms with Gasteiger partial charge in [0.05, 0.1) is 16.4 Å². The van der Waals surface area contributed by atoms with E-state index in [0.717, 1.165) is 36.2 Å². The SMILES string of the molecule is Cc1cc(-c2ccc(S(N)(=O)=O)c(Cl)c2)n(C2CCCCO2)n1. The van der Waals surface area contributed by atoms with E-state index in [4.69, 9.17) is 21.5 Å². The predicted molar refractivity (Wildman–Crippen MR) is 87.6 cm³/mol. The number of aryl methyl sites for hydroxylation is 1. The van der Waals surface area contributed by atoms with Crippen molar-refractivity contribution in [1.82, 2.24) is 9.78 Å². The van der Waals surface area contributed by atoms with Gasteiger partial charge in [-0.25, -0.2) is 18.2 Å². The van der Waals surface area contributed by atoms with Crippen LogP contribution in [0.1, 0.15) is 31.2 Å². The fourth-order valence-electron chi connectivity index (χ4n) is 2.76. The van der Waals surface area contributed by atoms with Gasteiger partial charge < -0.3 is 4.74 Å². The third-order valence-corrected chi connectivity index (χ3v) is 5.21. The fraction of sp³-hybridized carbons (Fsp3) is 0.400. The summed E-state index contributed by atoms with van der Waals surface area (Å²) in [6.07, 6.45) is 2.94. The second kappa shape index (κ2) is 6.24. The van der Waals surface area contributed by atoms with Crippen LogP contribution < -0.4 is 5.14 Å². The van der Waals surface area contributed by atoms with Gasteiger partial charge in [-0.05, 0) is 44.4 Å². The third-order valence-electron chi connectivity index (χ3n) is 3.82. The summed E-state index contributed by atoms with van der Waals surface area (Å²) < 4.78 is 30.6. The molecule has 1 unspecified atom stereocenters. The molecule has 6 nitrogen and oxygen atoms in total. The predicted octanol–water partition coefficient (Wildman–Crippen LogP) is 2.86. The molecule has 1 fully saturated rings. The van der Waals surface area contributed by atoms with Crippen LogP contribution >= 0.6 is 11.6 Å². The Kier molecular flexibility index (Phi) is 4.46. The van der Waals surface area contributed by atoms with Crippen molar-refractivity contribution in [3.8, 4) is 11.3 Å². The third kappa shape index (κ3) is 3.42. The standard InChI is InChI=1S/C15H18ClN3O3S/c1-10-8-13(19(18-10)15-4-2-3-7-22-15)11-5-6-14(12(16)9-11)23(17,20)21/h5-6,8-9,15H,2-4,7H2,1H3,(H2,17,20,21). The maximum Gasteiger partial charge on any atom is 0.239 e. The van der Waals surface area contributed by atoms with E-state index in [9.17, 15) is 8.42 Å². The van der Waals surface area contributed by atoms with Crippen LogP contribution in [0.3, 0.4) is 0 Å². The second-order valence-electron chi connectivity index (χ2n) is 5.63. The number of nitrogens with zero attached hydrogens (tertiary/aromatic N) is 2. The molecule has 0 radical (unpaired) electrons. The van der Waals surface area contributed by atoms with Crippen molar-refractivity contribution in [3.63, 3.8) is 0 Å². The van der Waals surface area contributed by atoms with Gasteiger partial charge in [0.2, 0.25) is 10.0 Å². The largest absolute Gasteiger partial charge is 0.356 e. The van der Waals surface area contributed by atoms with Gasteiger partial charge >= 0.3 is 0 Å². The molecule has 23 heavy (non-hydrogen) atoms. The van der Waals surface area contributed by atoms with Crippen molar-refractivity contribution in [3.05, 3.63) is 35.0 Å². The minimum atomic E-state index is -3.84. The Labute approximate surface area is 140 Å². The summed E-state index contributed by atoms with van der Waals surface area (Å²) in [6, 6.07) is 6.63. The Morgan fingerprint density at radius 1 is 1.35 bits per heavy atom. The van der Waals surface area contributed by atoms with Crippen LogP contribution in [0.25, 0.3) is 11.3 Å². The van der Waals surface area contributed by atoms with Gasteiger partial charge in [0.25, 0.3) is 0 Å². The summed E-state index contributed by atoms with van der Waals surface area (Å²) in [5.41, 5.74) is 2.48. The summed E-state index contributed by atoms with van der Waals surface area (Å²) in [6.45, 7) is 2.62. The van der Waals surface area contributed by atoms with Crippen molar-refractivity contribution < 1.29 is 13.2 Å². The van der Waals surface area contributed by atoms with E-state index < -0.39 is 10.0 Å². The van der Waals surface area contributed by atoms with Crippen LogP contribution in [0.5, 0.6) is 0 Å². The molecule has 2 heterocycles. The van der Waals surface area contributed by atoms with Crippen LogP contribution in [-0.4, -0.2) is 24.8 Å². The molecule has 1 aliphatic heterocycles. The lowest BCUT2D eigenvalue weighted by Crippen LogP contribution is -2.20. The van der Waals surface area contributed by atoms with Crippen LogP contribution in [0.4, 0.5) is 0 Å². The Balaban J connectivity index is 2.04. The van der Waals surface area contributed by atoms with Crippen molar-refractivity contribution in [2.75, 3.05) is 6.61 Å². The fourth-order valence-corrected chi connectivity index (χ4v) is 3.85. The first-order valence-corrected chi connectivity index (χ1v) is 9.29. The number of hydrogen-bond acceptors (Lipinski definition) is 4. The number of nitrogens with two attached hydrogens (primary N) is 1. The molecular formula is C15H18ClN3O3S. The highest BCUT2D eigenvalue weighted by Crippen LogP contribution is 2.32. The zero-order valence-electron chi connectivity index (χ0n) is 12.7. The Morgan fingerprint density at radius 3 is 2.74 bits per heavy atom. The number of aromatic nitrogens is 2. The normalized spacial score (nSPS) is 19.0. The molecule has 2 aromatic rings. The van der Waals surface area contributed by atoms with Gasteiger partial charge in [0, 0.05) is 12.2 Å². The summed E-state index contributed by atoms with van der Waals surface area (Å²) >= 11 is 6.09. The summed E-state index contributed by atoms with van der Waals surface area (Å²) in [5.74, 6) is 0. The molecule has 1 aromatic carbocycles. The van der Waals surface area contributed by atoms with Crippen LogP contribution in [0, 0.1) is 6.92 Å². The van der Waals surface area contributed by atoms with Crippen molar-refractivity contribution in [2.24, 2.45) is 5.14 Å². The topological polar surface area (TPSA) is 87.2 Å². The molecule has 1 aliphatic rings. The molecular weight excluding hydrogens is 338 g/mol. The quantitative estimate of drug-likeness (QED) is 0.917. The molecule has 0 saturated carbocycles. The van der Waals surface area contributed by atoms with Crippen molar-refractivity contribution in [2.45, 2.75) is 37.3 Å². The van der Waals surface area contributed by atoms with Gasteiger partial charge in [0.15, 0.2) is 6.23 Å². The number of ether oxygens (including phenoxy) is 1. The molecule has 2 N–H and O–H groups in total. The van der Waals surface area contributed by atoms with Crippen LogP contribution in [0.2, 0.25) is 5.02 Å². The highest BCUT2D eigenvalue weighted by atomic mass is 35.5. The average molecular weight is 356 g/mol. The minimum absolute atomic E-state index is 0.0837. The lowest BCUT2D eigenvalue weighted by atomic mass is 10.1. The van der Waals surface area contributed by atoms with Gasteiger partial charge in [-0.3, -0.25) is 0 Å². The van der Waals surface area contributed by atoms with Gasteiger partial charge in [-0.15, -0.1) is 0 Å². The van der Waals surface area contributed by atoms with Crippen molar-refractivity contribution in [1.29, 1.82) is 0 Å². The first-order chi connectivity index (χ1) is 10.9. The van der Waals surface area contributed by atoms with Gasteiger partial charge in [0.1, 0.15) is 4.90 Å². The van der Waals surface area contributed by atoms with E-state index in [-0.39, 0.29) is 16.1 Å². The molecule has 1 atom stereocenters. The Bertz CT molecular complexity index is 826. The molecule has 0 spiro atoms. The van der Waals surface area contributed by atoms with E-state index >= 15 is 0 Å². The highest BCUT2D eigenvalue weighted by Gasteiger charge is 2.21. The number of primary sulfonamides is 1. The number of sulfonamides is 1. The van der Waals surface area contributed by atoms with Crippen LogP contribution in [-0.2, 0) is 14.8 Å². The summed E-state index contributed by atoms with van der Waals surface area (Å²) in [7, 11) is -3.84. The first-order valence-electron chi connectivity index (χ1n) is 7.37. The zero-order chi connectivity index (χ0) is 16.6. The van der Waals surface area contributed by atoms with Crippen molar-refractivity contribution >= 4 is 21.6 Å². The zero-order valence-corrected chi connectivity index (χ0v) is 14.3. The first kappa shape index (κ1) is 16.4. The molecule has 1 aromatic heterocycles. The monoisotopic (exact) mass is 355 g/mol. The smallest absolute Gasteiger partial charge is 0.239 e. The van der Waals surface area contributed by atoms with E-state index in [1.165, 1.54) is 6.07 Å². The van der Waals surface area contributed by atoms with E-state index in [2.05, 4.69) is 5.10 Å². The molecule has 1 saturated heterocycles. The van der Waals surface area contributed by atoms with E-state index in [1.54, 1.807) is 12.1 Å². The van der Waals surface area contributed by atoms with Gasteiger partial charge in [-0.1, -0.05) is 17.7 Å². The average Bonchev–Trinajstić information content (AvgIpc) is 2.89. The number of benzene rings is 1. The number of rotatable bonds is 3. The molecule has 3 rings (SSSR count). The minimum Gasteiger partial charge on any atom is -0.356 e. The molecule has 0 amide bonds.